The highest BCUT2D eigenvalue weighted by Crippen LogP contribution is 2.49. The van der Waals surface area contributed by atoms with Crippen LogP contribution in [0.2, 0.25) is 0 Å². The van der Waals surface area contributed by atoms with Crippen LogP contribution in [0, 0.1) is 12.3 Å². The fraction of sp³-hybridized carbons (Fsp3) is 0.226. The summed E-state index contributed by atoms with van der Waals surface area (Å²) in [5, 5.41) is 0. The predicted octanol–water partition coefficient (Wildman–Crippen LogP) is 8.44. The van der Waals surface area contributed by atoms with Gasteiger partial charge >= 0.3 is 0 Å². The lowest BCUT2D eigenvalue weighted by Gasteiger charge is -2.38. The summed E-state index contributed by atoms with van der Waals surface area (Å²) in [5.41, 5.74) is 6.44. The molecule has 2 atom stereocenters. The maximum absolute atomic E-state index is 2.49. The number of aryl methyl sites for hydroxylation is 1. The Labute approximate surface area is 195 Å². The average Bonchev–Trinajstić information content (AvgIpc) is 3.29. The lowest BCUT2D eigenvalue weighted by Crippen LogP contribution is -2.27. The normalized spacial score (nSPS) is 25.3. The van der Waals surface area contributed by atoms with Crippen LogP contribution in [-0.4, -0.2) is 6.16 Å². The Bertz CT molecular complexity index is 1100. The second-order valence-electron chi connectivity index (χ2n) is 8.96. The van der Waals surface area contributed by atoms with Gasteiger partial charge in [0.15, 0.2) is 0 Å². The SMILES string of the molecule is C/C=C/C=C\C(=C/C1(c2ccc(C)cc2)C=CC=C1)C1(C)CC=CC=C1C1=CPCC=C1. The quantitative estimate of drug-likeness (QED) is 0.310. The third kappa shape index (κ3) is 4.57. The van der Waals surface area contributed by atoms with E-state index in [1.165, 1.54) is 34.0 Å². The Morgan fingerprint density at radius 2 is 1.78 bits per heavy atom. The first-order valence-electron chi connectivity index (χ1n) is 11.5. The summed E-state index contributed by atoms with van der Waals surface area (Å²) in [6.45, 7) is 6.63. The molecule has 1 aromatic rings. The van der Waals surface area contributed by atoms with Crippen molar-refractivity contribution in [1.82, 2.24) is 0 Å². The smallest absolute Gasteiger partial charge is 0.0505 e. The number of hydrogen-bond acceptors (Lipinski definition) is 0. The Hall–Kier alpha value is -2.69. The van der Waals surface area contributed by atoms with Gasteiger partial charge in [0.05, 0.1) is 5.41 Å². The molecule has 4 rings (SSSR count). The van der Waals surface area contributed by atoms with E-state index in [4.69, 9.17) is 0 Å². The maximum Gasteiger partial charge on any atom is 0.0505 e. The first kappa shape index (κ1) is 22.5. The lowest BCUT2D eigenvalue weighted by atomic mass is 9.66. The molecule has 1 heterocycles. The maximum atomic E-state index is 2.49. The molecular formula is C31H33P. The second kappa shape index (κ2) is 9.85. The van der Waals surface area contributed by atoms with Gasteiger partial charge in [-0.05, 0) is 48.7 Å². The minimum absolute atomic E-state index is 0.0905. The van der Waals surface area contributed by atoms with E-state index in [0.717, 1.165) is 15.0 Å². The number of allylic oxidation sites excluding steroid dienone is 17. The standard InChI is InChI=1S/C31H33P/c1-4-5-6-13-28(23-31(20-9-10-21-31)27-17-15-25(2)16-18-27)30(3)19-8-7-14-29(30)26-12-11-22-32-24-26/h4-18,20-21,23-24,32H,19,22H2,1-3H3/b5-4+,13-6-,28-23+. The van der Waals surface area contributed by atoms with Crippen LogP contribution in [0.25, 0.3) is 0 Å². The molecule has 2 unspecified atom stereocenters. The van der Waals surface area contributed by atoms with Crippen molar-refractivity contribution < 1.29 is 0 Å². The van der Waals surface area contributed by atoms with Crippen LogP contribution >= 0.6 is 8.58 Å². The number of rotatable bonds is 6. The topological polar surface area (TPSA) is 0 Å². The monoisotopic (exact) mass is 436 g/mol. The van der Waals surface area contributed by atoms with E-state index in [1.54, 1.807) is 0 Å². The molecule has 162 valence electrons. The molecule has 0 radical (unpaired) electrons. The third-order valence-corrected chi connectivity index (χ3v) is 7.63. The summed E-state index contributed by atoms with van der Waals surface area (Å²) in [6, 6.07) is 8.98. The molecule has 0 N–H and O–H groups in total. The zero-order valence-electron chi connectivity index (χ0n) is 19.4. The molecule has 1 aliphatic heterocycles. The van der Waals surface area contributed by atoms with E-state index in [9.17, 15) is 0 Å². The van der Waals surface area contributed by atoms with Gasteiger partial charge < -0.3 is 0 Å². The molecule has 0 nitrogen and oxygen atoms in total. The van der Waals surface area contributed by atoms with Crippen LogP contribution in [0.1, 0.15) is 31.4 Å². The molecule has 0 fully saturated rings. The van der Waals surface area contributed by atoms with Gasteiger partial charge in [-0.25, -0.2) is 0 Å². The molecule has 2 aliphatic carbocycles. The van der Waals surface area contributed by atoms with E-state index in [-0.39, 0.29) is 10.8 Å². The highest BCUT2D eigenvalue weighted by Gasteiger charge is 2.36. The van der Waals surface area contributed by atoms with E-state index in [1.807, 2.05) is 0 Å². The van der Waals surface area contributed by atoms with Crippen LogP contribution < -0.4 is 0 Å². The summed E-state index contributed by atoms with van der Waals surface area (Å²) in [6.07, 6.45) is 33.9. The zero-order chi connectivity index (χ0) is 22.4. The summed E-state index contributed by atoms with van der Waals surface area (Å²) >= 11 is 0. The second-order valence-corrected chi connectivity index (χ2v) is 10.1. The first-order valence-corrected chi connectivity index (χ1v) is 12.8. The van der Waals surface area contributed by atoms with E-state index < -0.39 is 0 Å². The Morgan fingerprint density at radius 1 is 1.00 bits per heavy atom. The van der Waals surface area contributed by atoms with Crippen molar-refractivity contribution in [3.63, 3.8) is 0 Å². The largest absolute Gasteiger partial charge is 0.0939 e. The minimum atomic E-state index is -0.225. The average molecular weight is 437 g/mol. The van der Waals surface area contributed by atoms with Crippen molar-refractivity contribution in [2.75, 3.05) is 6.16 Å². The van der Waals surface area contributed by atoms with Crippen molar-refractivity contribution in [2.45, 2.75) is 32.6 Å². The van der Waals surface area contributed by atoms with Crippen molar-refractivity contribution in [3.05, 3.63) is 143 Å². The molecule has 1 heteroatoms. The Balaban J connectivity index is 1.86. The van der Waals surface area contributed by atoms with Crippen LogP contribution in [0.5, 0.6) is 0 Å². The molecule has 0 aromatic heterocycles. The van der Waals surface area contributed by atoms with Crippen molar-refractivity contribution in [3.8, 4) is 0 Å². The van der Waals surface area contributed by atoms with Crippen LogP contribution in [-0.2, 0) is 5.41 Å². The van der Waals surface area contributed by atoms with E-state index in [0.29, 0.717) is 0 Å². The fourth-order valence-electron chi connectivity index (χ4n) is 4.71. The summed E-state index contributed by atoms with van der Waals surface area (Å²) < 4.78 is 0. The highest BCUT2D eigenvalue weighted by molar-refractivity contribution is 7.42. The molecule has 0 spiro atoms. The van der Waals surface area contributed by atoms with Gasteiger partial charge in [-0.2, -0.15) is 0 Å². The fourth-order valence-corrected chi connectivity index (χ4v) is 5.55. The van der Waals surface area contributed by atoms with Gasteiger partial charge in [0.1, 0.15) is 0 Å². The zero-order valence-corrected chi connectivity index (χ0v) is 20.4. The van der Waals surface area contributed by atoms with Crippen LogP contribution in [0.15, 0.2) is 132 Å². The highest BCUT2D eigenvalue weighted by atomic mass is 31.1. The Kier molecular flexibility index (Phi) is 6.92. The molecule has 32 heavy (non-hydrogen) atoms. The van der Waals surface area contributed by atoms with Gasteiger partial charge in [-0.3, -0.25) is 0 Å². The van der Waals surface area contributed by atoms with Gasteiger partial charge in [0.2, 0.25) is 0 Å². The van der Waals surface area contributed by atoms with E-state index in [2.05, 4.69) is 136 Å². The van der Waals surface area contributed by atoms with Gasteiger partial charge in [-0.15, -0.1) is 0 Å². The molecule has 0 bridgehead atoms. The molecular weight excluding hydrogens is 403 g/mol. The first-order chi connectivity index (χ1) is 15.6. The summed E-state index contributed by atoms with van der Waals surface area (Å²) in [4.78, 5) is 0. The minimum Gasteiger partial charge on any atom is -0.0939 e. The molecule has 0 saturated carbocycles. The van der Waals surface area contributed by atoms with E-state index >= 15 is 0 Å². The molecule has 1 aromatic carbocycles. The summed E-state index contributed by atoms with van der Waals surface area (Å²) in [7, 11) is 0.868. The van der Waals surface area contributed by atoms with Crippen molar-refractivity contribution >= 4 is 8.58 Å². The molecule has 0 saturated heterocycles. The van der Waals surface area contributed by atoms with Crippen LogP contribution in [0.4, 0.5) is 0 Å². The van der Waals surface area contributed by atoms with Crippen LogP contribution in [0.3, 0.4) is 0 Å². The summed E-state index contributed by atoms with van der Waals surface area (Å²) in [5.74, 6) is 2.43. The van der Waals surface area contributed by atoms with Gasteiger partial charge in [0.25, 0.3) is 0 Å². The van der Waals surface area contributed by atoms with Gasteiger partial charge in [0, 0.05) is 5.41 Å². The number of benzene rings is 1. The van der Waals surface area contributed by atoms with Crippen molar-refractivity contribution in [1.29, 1.82) is 0 Å². The molecule has 3 aliphatic rings. The lowest BCUT2D eigenvalue weighted by molar-refractivity contribution is 0.496. The third-order valence-electron chi connectivity index (χ3n) is 6.64. The Morgan fingerprint density at radius 3 is 2.47 bits per heavy atom. The predicted molar refractivity (Wildman–Crippen MR) is 144 cm³/mol. The number of hydrogen-bond donors (Lipinski definition) is 0. The van der Waals surface area contributed by atoms with Gasteiger partial charge in [-0.1, -0.05) is 136 Å². The van der Waals surface area contributed by atoms with Crippen molar-refractivity contribution in [2.24, 2.45) is 5.41 Å². The molecule has 0 amide bonds.